The van der Waals surface area contributed by atoms with Gasteiger partial charge < -0.3 is 16.4 Å². The fourth-order valence-corrected chi connectivity index (χ4v) is 2.00. The molecule has 8 heteroatoms. The first-order chi connectivity index (χ1) is 11.8. The minimum absolute atomic E-state index is 0.0203. The molecule has 1 aromatic carbocycles. The van der Waals surface area contributed by atoms with E-state index in [9.17, 15) is 22.8 Å². The lowest BCUT2D eigenvalue weighted by atomic mass is 10.1. The van der Waals surface area contributed by atoms with Crippen LogP contribution in [0.25, 0.3) is 0 Å². The van der Waals surface area contributed by atoms with Crippen molar-refractivity contribution in [2.24, 2.45) is 5.73 Å². The lowest BCUT2D eigenvalue weighted by Gasteiger charge is -2.09. The molecule has 4 N–H and O–H groups in total. The summed E-state index contributed by atoms with van der Waals surface area (Å²) in [6.45, 7) is 0.194. The van der Waals surface area contributed by atoms with E-state index >= 15 is 0 Å². The van der Waals surface area contributed by atoms with Gasteiger partial charge in [0.2, 0.25) is 5.91 Å². The number of carbonyl (C=O) groups excluding carboxylic acids is 2. The van der Waals surface area contributed by atoms with Crippen LogP contribution >= 0.6 is 0 Å². The molecule has 1 unspecified atom stereocenters. The number of anilines is 1. The lowest BCUT2D eigenvalue weighted by molar-refractivity contribution is -0.167. The second-order valence-corrected chi connectivity index (χ2v) is 5.28. The number of nitrogens with two attached hydrogens (primary N) is 1. The van der Waals surface area contributed by atoms with Crippen LogP contribution in [0.5, 0.6) is 0 Å². The summed E-state index contributed by atoms with van der Waals surface area (Å²) in [5.74, 6) is -2.36. The highest BCUT2D eigenvalue weighted by molar-refractivity contribution is 5.94. The van der Waals surface area contributed by atoms with E-state index in [1.807, 2.05) is 6.08 Å². The van der Waals surface area contributed by atoms with Crippen LogP contribution in [0.2, 0.25) is 0 Å². The molecule has 1 atom stereocenters. The van der Waals surface area contributed by atoms with Gasteiger partial charge in [0.15, 0.2) is 0 Å². The highest BCUT2D eigenvalue weighted by Crippen LogP contribution is 2.18. The Hall–Kier alpha value is -2.87. The van der Waals surface area contributed by atoms with Crippen LogP contribution in [0.15, 0.2) is 60.2 Å². The first kappa shape index (κ1) is 18.5. The molecule has 0 spiro atoms. The Kier molecular flexibility index (Phi) is 5.76. The second-order valence-electron chi connectivity index (χ2n) is 5.28. The summed E-state index contributed by atoms with van der Waals surface area (Å²) >= 11 is 0. The zero-order valence-corrected chi connectivity index (χ0v) is 13.0. The number of carbonyl (C=O) groups is 2. The van der Waals surface area contributed by atoms with Crippen LogP contribution < -0.4 is 16.4 Å². The average molecular weight is 351 g/mol. The third-order valence-electron chi connectivity index (χ3n) is 3.36. The minimum Gasteiger partial charge on any atom is -0.348 e. The van der Waals surface area contributed by atoms with Crippen molar-refractivity contribution in [2.45, 2.75) is 18.8 Å². The first-order valence-electron chi connectivity index (χ1n) is 7.33. The van der Waals surface area contributed by atoms with Gasteiger partial charge in [-0.3, -0.25) is 9.59 Å². The fraction of sp³-hybridized carbons (Fsp3) is 0.176. The highest BCUT2D eigenvalue weighted by Gasteiger charge is 2.38. The van der Waals surface area contributed by atoms with E-state index in [2.05, 4.69) is 5.32 Å². The van der Waals surface area contributed by atoms with Gasteiger partial charge in [-0.1, -0.05) is 36.4 Å². The Morgan fingerprint density at radius 3 is 2.44 bits per heavy atom. The average Bonchev–Trinajstić information content (AvgIpc) is 2.96. The van der Waals surface area contributed by atoms with Crippen LogP contribution in [0, 0.1) is 0 Å². The molecular formula is C17H16F3N3O2. The number of benzene rings is 1. The molecule has 132 valence electrons. The van der Waals surface area contributed by atoms with Crippen molar-refractivity contribution in [1.82, 2.24) is 5.32 Å². The van der Waals surface area contributed by atoms with E-state index in [1.165, 1.54) is 30.3 Å². The summed E-state index contributed by atoms with van der Waals surface area (Å²) in [5.41, 5.74) is 7.28. The normalized spacial score (nSPS) is 16.8. The summed E-state index contributed by atoms with van der Waals surface area (Å²) in [7, 11) is 0. The van der Waals surface area contributed by atoms with E-state index in [1.54, 1.807) is 23.5 Å². The zero-order chi connectivity index (χ0) is 18.4. The van der Waals surface area contributed by atoms with Gasteiger partial charge in [-0.2, -0.15) is 13.2 Å². The number of allylic oxidation sites excluding steroid dienone is 2. The van der Waals surface area contributed by atoms with Gasteiger partial charge in [0.1, 0.15) is 0 Å². The summed E-state index contributed by atoms with van der Waals surface area (Å²) in [6.07, 6.45) is 3.46. The van der Waals surface area contributed by atoms with Gasteiger partial charge in [0.05, 0.1) is 0 Å². The maximum atomic E-state index is 12.2. The molecule has 1 aromatic rings. The highest BCUT2D eigenvalue weighted by atomic mass is 19.4. The van der Waals surface area contributed by atoms with E-state index in [4.69, 9.17) is 5.73 Å². The van der Waals surface area contributed by atoms with Gasteiger partial charge in [-0.25, -0.2) is 0 Å². The molecule has 0 saturated carbocycles. The molecule has 0 aromatic heterocycles. The van der Waals surface area contributed by atoms with E-state index in [-0.39, 0.29) is 24.2 Å². The molecule has 1 aliphatic rings. The molecule has 5 nitrogen and oxygen atoms in total. The molecule has 0 aliphatic heterocycles. The topological polar surface area (TPSA) is 84.2 Å². The Labute approximate surface area is 142 Å². The summed E-state index contributed by atoms with van der Waals surface area (Å²) in [4.78, 5) is 22.6. The summed E-state index contributed by atoms with van der Waals surface area (Å²) < 4.78 is 36.5. The molecular weight excluding hydrogens is 335 g/mol. The SMILES string of the molecule is NC1C=CC=C1/C=C/C(=O)NCc1ccc(NC(=O)C(F)(F)F)cc1. The molecule has 2 amide bonds. The van der Waals surface area contributed by atoms with Crippen molar-refractivity contribution in [1.29, 1.82) is 0 Å². The summed E-state index contributed by atoms with van der Waals surface area (Å²) in [5, 5.41) is 4.38. The van der Waals surface area contributed by atoms with Crippen LogP contribution in [0.4, 0.5) is 18.9 Å². The Morgan fingerprint density at radius 1 is 1.20 bits per heavy atom. The molecule has 25 heavy (non-hydrogen) atoms. The zero-order valence-electron chi connectivity index (χ0n) is 13.0. The van der Waals surface area contributed by atoms with E-state index in [0.717, 1.165) is 5.57 Å². The number of halogens is 3. The van der Waals surface area contributed by atoms with E-state index < -0.39 is 12.1 Å². The van der Waals surface area contributed by atoms with Crippen molar-refractivity contribution in [2.75, 3.05) is 5.32 Å². The van der Waals surface area contributed by atoms with Crippen LogP contribution in [-0.4, -0.2) is 24.0 Å². The molecule has 0 saturated heterocycles. The van der Waals surface area contributed by atoms with Gasteiger partial charge in [0.25, 0.3) is 0 Å². The molecule has 0 heterocycles. The number of nitrogens with one attached hydrogen (secondary N) is 2. The van der Waals surface area contributed by atoms with Gasteiger partial charge in [0, 0.05) is 24.4 Å². The van der Waals surface area contributed by atoms with Crippen LogP contribution in [0.1, 0.15) is 5.56 Å². The van der Waals surface area contributed by atoms with Gasteiger partial charge >= 0.3 is 12.1 Å². The van der Waals surface area contributed by atoms with Gasteiger partial charge in [-0.05, 0) is 23.3 Å². The number of alkyl halides is 3. The smallest absolute Gasteiger partial charge is 0.348 e. The van der Waals surface area contributed by atoms with Crippen molar-refractivity contribution in [3.63, 3.8) is 0 Å². The van der Waals surface area contributed by atoms with Crippen molar-refractivity contribution in [3.05, 3.63) is 65.8 Å². The van der Waals surface area contributed by atoms with Crippen LogP contribution in [0.3, 0.4) is 0 Å². The number of hydrogen-bond donors (Lipinski definition) is 3. The summed E-state index contributed by atoms with van der Waals surface area (Å²) in [6, 6.07) is 5.46. The van der Waals surface area contributed by atoms with Gasteiger partial charge in [-0.15, -0.1) is 0 Å². The standard InChI is InChI=1S/C17H16F3N3O2/c18-17(19,20)16(25)23-13-7-4-11(5-8-13)10-22-15(24)9-6-12-2-1-3-14(12)21/h1-9,14H,10,21H2,(H,22,24)(H,23,25)/b9-6+. The minimum atomic E-state index is -4.94. The van der Waals surface area contributed by atoms with Crippen LogP contribution in [-0.2, 0) is 16.1 Å². The predicted octanol–water partition coefficient (Wildman–Crippen LogP) is 2.18. The van der Waals surface area contributed by atoms with Crippen molar-refractivity contribution < 1.29 is 22.8 Å². The Morgan fingerprint density at radius 2 is 1.88 bits per heavy atom. The molecule has 0 bridgehead atoms. The van der Waals surface area contributed by atoms with E-state index in [0.29, 0.717) is 5.56 Å². The maximum absolute atomic E-state index is 12.2. The first-order valence-corrected chi connectivity index (χ1v) is 7.33. The molecule has 0 radical (unpaired) electrons. The molecule has 1 aliphatic carbocycles. The quantitative estimate of drug-likeness (QED) is 0.711. The predicted molar refractivity (Wildman–Crippen MR) is 87.3 cm³/mol. The number of amides is 2. The monoisotopic (exact) mass is 351 g/mol. The fourth-order valence-electron chi connectivity index (χ4n) is 2.00. The second kappa shape index (κ2) is 7.80. The third-order valence-corrected chi connectivity index (χ3v) is 3.36. The third kappa shape index (κ3) is 5.61. The van der Waals surface area contributed by atoms with Crippen molar-refractivity contribution >= 4 is 17.5 Å². The Balaban J connectivity index is 1.82. The van der Waals surface area contributed by atoms with Crippen molar-refractivity contribution in [3.8, 4) is 0 Å². The number of rotatable bonds is 5. The largest absolute Gasteiger partial charge is 0.471 e. The molecule has 2 rings (SSSR count). The Bertz CT molecular complexity index is 735. The number of hydrogen-bond acceptors (Lipinski definition) is 3. The molecule has 0 fully saturated rings. The lowest BCUT2D eigenvalue weighted by Crippen LogP contribution is -2.29. The maximum Gasteiger partial charge on any atom is 0.471 e.